The van der Waals surface area contributed by atoms with Crippen molar-refractivity contribution < 1.29 is 19.8 Å². The Morgan fingerprint density at radius 1 is 0.972 bits per heavy atom. The van der Waals surface area contributed by atoms with Crippen molar-refractivity contribution in [3.63, 3.8) is 0 Å². The molecule has 0 saturated heterocycles. The number of hydrogen-bond donors (Lipinski definition) is 4. The summed E-state index contributed by atoms with van der Waals surface area (Å²) in [7, 11) is 0. The Morgan fingerprint density at radius 2 is 1.64 bits per heavy atom. The lowest BCUT2D eigenvalue weighted by molar-refractivity contribution is -0.125. The first kappa shape index (κ1) is 25.3. The monoisotopic (exact) mass is 488 g/mol. The maximum absolute atomic E-state index is 13.4. The lowest BCUT2D eigenvalue weighted by Crippen LogP contribution is -2.54. The Labute approximate surface area is 209 Å². The van der Waals surface area contributed by atoms with Gasteiger partial charge in [0.15, 0.2) is 5.69 Å². The van der Waals surface area contributed by atoms with E-state index in [0.29, 0.717) is 11.9 Å². The molecule has 4 rings (SSSR count). The predicted octanol–water partition coefficient (Wildman–Crippen LogP) is 2.85. The molecular weight excluding hydrogens is 456 g/mol. The van der Waals surface area contributed by atoms with E-state index in [-0.39, 0.29) is 12.2 Å². The summed E-state index contributed by atoms with van der Waals surface area (Å²) in [6.07, 6.45) is -1.07. The second-order valence-electron chi connectivity index (χ2n) is 10.0. The number of aliphatic hydroxyl groups excluding tert-OH is 2. The first-order valence-corrected chi connectivity index (χ1v) is 12.0. The Morgan fingerprint density at radius 3 is 2.36 bits per heavy atom. The zero-order valence-electron chi connectivity index (χ0n) is 20.7. The third-order valence-electron chi connectivity index (χ3n) is 6.20. The molecular formula is C28H32N4O4. The molecule has 2 amide bonds. The molecule has 8 nitrogen and oxygen atoms in total. The number of carbonyl (C=O) groups is 2. The van der Waals surface area contributed by atoms with Gasteiger partial charge >= 0.3 is 0 Å². The molecule has 36 heavy (non-hydrogen) atoms. The third kappa shape index (κ3) is 5.40. The van der Waals surface area contributed by atoms with Crippen LogP contribution in [0.15, 0.2) is 66.7 Å². The average molecular weight is 489 g/mol. The summed E-state index contributed by atoms with van der Waals surface area (Å²) in [4.78, 5) is 26.3. The van der Waals surface area contributed by atoms with Gasteiger partial charge in [-0.05, 0) is 27.8 Å². The van der Waals surface area contributed by atoms with Crippen molar-refractivity contribution in [2.24, 2.45) is 5.41 Å². The van der Waals surface area contributed by atoms with E-state index in [9.17, 15) is 14.7 Å². The van der Waals surface area contributed by atoms with Crippen LogP contribution >= 0.6 is 0 Å². The van der Waals surface area contributed by atoms with Crippen LogP contribution in [0.2, 0.25) is 0 Å². The van der Waals surface area contributed by atoms with Crippen LogP contribution in [0.3, 0.4) is 0 Å². The van der Waals surface area contributed by atoms with Crippen molar-refractivity contribution in [3.8, 4) is 0 Å². The lowest BCUT2D eigenvalue weighted by Gasteiger charge is -2.30. The van der Waals surface area contributed by atoms with Gasteiger partial charge in [0.1, 0.15) is 6.04 Å². The number of benzene rings is 3. The molecule has 0 bridgehead atoms. The SMILES string of the molecule is CC(C)(C)C(NC(=O)c1nn(Cc2cccc3ccccc23)c2ccccc12)C(=O)NC[C@H](O)CO. The fourth-order valence-electron chi connectivity index (χ4n) is 4.27. The van der Waals surface area contributed by atoms with Crippen molar-refractivity contribution in [1.82, 2.24) is 20.4 Å². The summed E-state index contributed by atoms with van der Waals surface area (Å²) < 4.78 is 1.82. The number of carbonyl (C=O) groups excluding carboxylic acids is 2. The second kappa shape index (κ2) is 10.5. The highest BCUT2D eigenvalue weighted by atomic mass is 16.3. The molecule has 3 aromatic carbocycles. The van der Waals surface area contributed by atoms with Gasteiger partial charge in [-0.3, -0.25) is 14.3 Å². The molecule has 4 aromatic rings. The number of rotatable bonds is 8. The normalized spacial score (nSPS) is 13.5. The standard InChI is InChI=1S/C28H32N4O4/c1-28(2,3)25(27(36)29-15-20(34)17-33)30-26(35)24-22-13-6-7-14-23(22)32(31-24)16-19-11-8-10-18-9-4-5-12-21(18)19/h4-14,20,25,33-34H,15-17H2,1-3H3,(H,29,36)(H,30,35)/t20-,25?/m0/s1. The predicted molar refractivity (Wildman–Crippen MR) is 140 cm³/mol. The van der Waals surface area contributed by atoms with E-state index in [1.807, 2.05) is 67.9 Å². The molecule has 0 aliphatic carbocycles. The molecule has 0 aliphatic rings. The van der Waals surface area contributed by atoms with Crippen LogP contribution in [0.25, 0.3) is 21.7 Å². The van der Waals surface area contributed by atoms with Gasteiger partial charge in [0.25, 0.3) is 5.91 Å². The van der Waals surface area contributed by atoms with Gasteiger partial charge in [-0.25, -0.2) is 0 Å². The van der Waals surface area contributed by atoms with E-state index in [2.05, 4.69) is 40.0 Å². The van der Waals surface area contributed by atoms with E-state index in [4.69, 9.17) is 5.11 Å². The zero-order valence-corrected chi connectivity index (χ0v) is 20.7. The molecule has 0 spiro atoms. The van der Waals surface area contributed by atoms with Gasteiger partial charge in [0, 0.05) is 11.9 Å². The molecule has 1 aromatic heterocycles. The van der Waals surface area contributed by atoms with Gasteiger partial charge in [0.2, 0.25) is 5.91 Å². The fourth-order valence-corrected chi connectivity index (χ4v) is 4.27. The Balaban J connectivity index is 1.64. The summed E-state index contributed by atoms with van der Waals surface area (Å²) in [5, 5.41) is 31.7. The van der Waals surface area contributed by atoms with E-state index in [1.54, 1.807) is 0 Å². The van der Waals surface area contributed by atoms with Crippen LogP contribution in [0, 0.1) is 5.41 Å². The Kier molecular flexibility index (Phi) is 7.37. The molecule has 0 aliphatic heterocycles. The fraction of sp³-hybridized carbons (Fsp3) is 0.321. The Bertz CT molecular complexity index is 1380. The van der Waals surface area contributed by atoms with Crippen molar-refractivity contribution in [2.45, 2.75) is 39.5 Å². The largest absolute Gasteiger partial charge is 0.394 e. The molecule has 0 saturated carbocycles. The van der Waals surface area contributed by atoms with Crippen LogP contribution < -0.4 is 10.6 Å². The van der Waals surface area contributed by atoms with Crippen LogP contribution in [0.4, 0.5) is 0 Å². The number of amides is 2. The molecule has 1 unspecified atom stereocenters. The minimum Gasteiger partial charge on any atom is -0.394 e. The first-order valence-electron chi connectivity index (χ1n) is 12.0. The van der Waals surface area contributed by atoms with Crippen LogP contribution in [-0.4, -0.2) is 57.1 Å². The first-order chi connectivity index (χ1) is 17.2. The molecule has 0 fully saturated rings. The second-order valence-corrected chi connectivity index (χ2v) is 10.0. The highest BCUT2D eigenvalue weighted by Gasteiger charge is 2.34. The minimum atomic E-state index is -1.07. The van der Waals surface area contributed by atoms with Crippen molar-refractivity contribution >= 4 is 33.5 Å². The highest BCUT2D eigenvalue weighted by molar-refractivity contribution is 6.06. The molecule has 8 heteroatoms. The molecule has 188 valence electrons. The van der Waals surface area contributed by atoms with Gasteiger partial charge < -0.3 is 20.8 Å². The maximum Gasteiger partial charge on any atom is 0.273 e. The molecule has 1 heterocycles. The zero-order chi connectivity index (χ0) is 25.9. The van der Waals surface area contributed by atoms with Crippen molar-refractivity contribution in [1.29, 1.82) is 0 Å². The number of hydrogen-bond acceptors (Lipinski definition) is 5. The summed E-state index contributed by atoms with van der Waals surface area (Å²) in [5.74, 6) is -0.900. The molecule has 0 radical (unpaired) electrons. The number of para-hydroxylation sites is 1. The molecule has 2 atom stereocenters. The minimum absolute atomic E-state index is 0.111. The number of fused-ring (bicyclic) bond motifs is 2. The number of nitrogens with one attached hydrogen (secondary N) is 2. The summed E-state index contributed by atoms with van der Waals surface area (Å²) in [6, 6.07) is 20.9. The maximum atomic E-state index is 13.4. The average Bonchev–Trinajstić information content (AvgIpc) is 3.23. The van der Waals surface area contributed by atoms with Crippen LogP contribution in [0.1, 0.15) is 36.8 Å². The summed E-state index contributed by atoms with van der Waals surface area (Å²) >= 11 is 0. The topological polar surface area (TPSA) is 116 Å². The van der Waals surface area contributed by atoms with E-state index in [1.165, 1.54) is 0 Å². The van der Waals surface area contributed by atoms with Gasteiger partial charge in [-0.2, -0.15) is 5.10 Å². The lowest BCUT2D eigenvalue weighted by atomic mass is 9.86. The third-order valence-corrected chi connectivity index (χ3v) is 6.20. The van der Waals surface area contributed by atoms with Crippen LogP contribution in [0.5, 0.6) is 0 Å². The number of aromatic nitrogens is 2. The smallest absolute Gasteiger partial charge is 0.273 e. The Hall–Kier alpha value is -3.75. The number of aliphatic hydroxyl groups is 2. The van der Waals surface area contributed by atoms with Gasteiger partial charge in [-0.15, -0.1) is 0 Å². The van der Waals surface area contributed by atoms with Gasteiger partial charge in [-0.1, -0.05) is 81.4 Å². The van der Waals surface area contributed by atoms with Crippen molar-refractivity contribution in [2.75, 3.05) is 13.2 Å². The highest BCUT2D eigenvalue weighted by Crippen LogP contribution is 2.25. The van der Waals surface area contributed by atoms with E-state index in [0.717, 1.165) is 21.9 Å². The number of nitrogens with zero attached hydrogens (tertiary/aromatic N) is 2. The van der Waals surface area contributed by atoms with E-state index >= 15 is 0 Å². The summed E-state index contributed by atoms with van der Waals surface area (Å²) in [6.45, 7) is 5.44. The quantitative estimate of drug-likeness (QED) is 0.304. The van der Waals surface area contributed by atoms with Gasteiger partial charge in [0.05, 0.1) is 24.8 Å². The van der Waals surface area contributed by atoms with Crippen LogP contribution in [-0.2, 0) is 11.3 Å². The molecule has 4 N–H and O–H groups in total. The summed E-state index contributed by atoms with van der Waals surface area (Å²) in [5.41, 5.74) is 1.54. The van der Waals surface area contributed by atoms with Crippen molar-refractivity contribution in [3.05, 3.63) is 78.0 Å². The van der Waals surface area contributed by atoms with E-state index < -0.39 is 36.0 Å².